The number of aromatic nitrogens is 1. The highest BCUT2D eigenvalue weighted by Crippen LogP contribution is 2.21. The van der Waals surface area contributed by atoms with Gasteiger partial charge in [0.15, 0.2) is 11.7 Å². The largest absolute Gasteiger partial charge is 0.481 e. The number of anilines is 1. The zero-order chi connectivity index (χ0) is 19.8. The number of carboxylic acids is 1. The number of amides is 1. The molecule has 2 aromatic rings. The van der Waals surface area contributed by atoms with Crippen LogP contribution in [0.3, 0.4) is 0 Å². The lowest BCUT2D eigenvalue weighted by Crippen LogP contribution is -2.36. The van der Waals surface area contributed by atoms with Crippen molar-refractivity contribution in [3.05, 3.63) is 40.9 Å². The van der Waals surface area contributed by atoms with Crippen LogP contribution in [0.1, 0.15) is 11.3 Å². The number of hydrogen-bond donors (Lipinski definition) is 2. The molecule has 28 heavy (non-hydrogen) atoms. The molecule has 148 valence electrons. The summed E-state index contributed by atoms with van der Waals surface area (Å²) in [5.74, 6) is -0.990. The molecule has 1 aliphatic rings. The van der Waals surface area contributed by atoms with Gasteiger partial charge in [0.1, 0.15) is 5.75 Å². The first-order chi connectivity index (χ1) is 13.6. The van der Waals surface area contributed by atoms with Crippen LogP contribution in [-0.4, -0.2) is 61.1 Å². The number of ether oxygens (including phenoxy) is 2. The number of aliphatic carboxylic acids is 1. The topological polar surface area (TPSA) is 113 Å². The molecule has 0 radical (unpaired) electrons. The van der Waals surface area contributed by atoms with Gasteiger partial charge >= 0.3 is 5.97 Å². The minimum Gasteiger partial charge on any atom is -0.481 e. The molecular weight excluding hydrogens is 384 g/mol. The Bertz CT molecular complexity index is 848. The molecule has 0 spiro atoms. The van der Waals surface area contributed by atoms with Gasteiger partial charge < -0.3 is 19.5 Å². The lowest BCUT2D eigenvalue weighted by molar-refractivity contribution is -0.139. The van der Waals surface area contributed by atoms with Crippen molar-refractivity contribution < 1.29 is 24.2 Å². The van der Waals surface area contributed by atoms with Crippen molar-refractivity contribution in [3.8, 4) is 5.75 Å². The molecule has 10 heteroatoms. The average molecular weight is 404 g/mol. The van der Waals surface area contributed by atoms with E-state index in [2.05, 4.69) is 20.4 Å². The summed E-state index contributed by atoms with van der Waals surface area (Å²) < 4.78 is 10.5. The van der Waals surface area contributed by atoms with Crippen LogP contribution < -0.4 is 15.1 Å². The molecule has 1 amide bonds. The fourth-order valence-corrected chi connectivity index (χ4v) is 3.39. The lowest BCUT2D eigenvalue weighted by Gasteiger charge is -2.26. The van der Waals surface area contributed by atoms with E-state index in [0.717, 1.165) is 18.2 Å². The summed E-state index contributed by atoms with van der Waals surface area (Å²) in [6, 6.07) is 6.83. The third kappa shape index (κ3) is 5.76. The number of hydrazone groups is 1. The molecule has 3 rings (SSSR count). The van der Waals surface area contributed by atoms with Crippen molar-refractivity contribution in [2.75, 3.05) is 37.8 Å². The second kappa shape index (κ2) is 9.81. The Labute approximate surface area is 165 Å². The van der Waals surface area contributed by atoms with Crippen molar-refractivity contribution in [1.29, 1.82) is 0 Å². The highest BCUT2D eigenvalue weighted by atomic mass is 32.1. The molecule has 1 aromatic carbocycles. The first-order valence-corrected chi connectivity index (χ1v) is 9.52. The Morgan fingerprint density at radius 1 is 1.36 bits per heavy atom. The molecule has 0 atom stereocenters. The average Bonchev–Trinajstić information content (AvgIpc) is 3.16. The number of benzene rings is 1. The third-order valence-electron chi connectivity index (χ3n) is 3.83. The molecule has 2 heterocycles. The summed E-state index contributed by atoms with van der Waals surface area (Å²) >= 11 is 1.50. The fourth-order valence-electron chi connectivity index (χ4n) is 2.51. The van der Waals surface area contributed by atoms with E-state index in [0.29, 0.717) is 30.2 Å². The van der Waals surface area contributed by atoms with Gasteiger partial charge in [0.2, 0.25) is 5.91 Å². The van der Waals surface area contributed by atoms with Gasteiger partial charge in [-0.05, 0) is 12.1 Å². The Kier molecular flexibility index (Phi) is 6.93. The van der Waals surface area contributed by atoms with E-state index in [-0.39, 0.29) is 12.3 Å². The monoisotopic (exact) mass is 404 g/mol. The number of nitrogens with zero attached hydrogens (tertiary/aromatic N) is 3. The van der Waals surface area contributed by atoms with E-state index in [1.807, 2.05) is 5.38 Å². The molecule has 0 aliphatic carbocycles. The molecule has 1 saturated heterocycles. The van der Waals surface area contributed by atoms with E-state index in [9.17, 15) is 9.59 Å². The Balaban J connectivity index is 1.52. The molecule has 1 fully saturated rings. The second-order valence-corrected chi connectivity index (χ2v) is 6.75. The zero-order valence-corrected chi connectivity index (χ0v) is 15.9. The van der Waals surface area contributed by atoms with Gasteiger partial charge in [-0.2, -0.15) is 5.10 Å². The standard InChI is InChI=1S/C18H20N4O5S/c23-16(9-14-12-28-18(20-14)22-5-7-26-8-6-22)21-19-10-13-3-1-2-4-15(13)27-11-17(24)25/h1-4,10,12H,5-9,11H2,(H,21,23)(H,24,25)/b19-10-. The number of nitrogens with one attached hydrogen (secondary N) is 1. The quantitative estimate of drug-likeness (QED) is 0.501. The Morgan fingerprint density at radius 2 is 2.14 bits per heavy atom. The smallest absolute Gasteiger partial charge is 0.341 e. The molecule has 2 N–H and O–H groups in total. The summed E-state index contributed by atoms with van der Waals surface area (Å²) in [6.07, 6.45) is 1.53. The summed E-state index contributed by atoms with van der Waals surface area (Å²) in [5.41, 5.74) is 3.70. The molecule has 1 aromatic heterocycles. The van der Waals surface area contributed by atoms with Crippen LogP contribution in [-0.2, 0) is 20.7 Å². The number of morpholine rings is 1. The van der Waals surface area contributed by atoms with Gasteiger partial charge in [0, 0.05) is 24.0 Å². The number of hydrogen-bond acceptors (Lipinski definition) is 8. The number of thiazole rings is 1. The fraction of sp³-hybridized carbons (Fsp3) is 0.333. The number of carboxylic acid groups (broad SMARTS) is 1. The Hall–Kier alpha value is -2.98. The minimum absolute atomic E-state index is 0.120. The maximum Gasteiger partial charge on any atom is 0.341 e. The SMILES string of the molecule is O=C(O)COc1ccccc1/C=N\NC(=O)Cc1csc(N2CCOCC2)n1. The van der Waals surface area contributed by atoms with Gasteiger partial charge in [0.05, 0.1) is 31.5 Å². The summed E-state index contributed by atoms with van der Waals surface area (Å²) in [7, 11) is 0. The predicted molar refractivity (Wildman–Crippen MR) is 104 cm³/mol. The number of carbonyl (C=O) groups is 2. The van der Waals surface area contributed by atoms with E-state index < -0.39 is 12.6 Å². The zero-order valence-electron chi connectivity index (χ0n) is 15.0. The maximum absolute atomic E-state index is 12.1. The van der Waals surface area contributed by atoms with Crippen LogP contribution in [0, 0.1) is 0 Å². The van der Waals surface area contributed by atoms with Gasteiger partial charge in [-0.25, -0.2) is 15.2 Å². The van der Waals surface area contributed by atoms with Crippen molar-refractivity contribution >= 4 is 34.6 Å². The molecule has 0 bridgehead atoms. The van der Waals surface area contributed by atoms with Crippen LogP contribution >= 0.6 is 11.3 Å². The molecule has 1 aliphatic heterocycles. The number of rotatable bonds is 8. The first kappa shape index (κ1) is 19.8. The van der Waals surface area contributed by atoms with Crippen molar-refractivity contribution in [3.63, 3.8) is 0 Å². The van der Waals surface area contributed by atoms with E-state index in [1.165, 1.54) is 17.6 Å². The van der Waals surface area contributed by atoms with Crippen LogP contribution in [0.15, 0.2) is 34.7 Å². The third-order valence-corrected chi connectivity index (χ3v) is 4.78. The predicted octanol–water partition coefficient (Wildman–Crippen LogP) is 1.14. The van der Waals surface area contributed by atoms with E-state index >= 15 is 0 Å². The maximum atomic E-state index is 12.1. The van der Waals surface area contributed by atoms with Gasteiger partial charge in [-0.1, -0.05) is 12.1 Å². The summed E-state index contributed by atoms with van der Waals surface area (Å²) in [5, 5.41) is 15.4. The number of carbonyl (C=O) groups excluding carboxylic acids is 1. The molecular formula is C18H20N4O5S. The second-order valence-electron chi connectivity index (χ2n) is 5.91. The van der Waals surface area contributed by atoms with Crippen molar-refractivity contribution in [1.82, 2.24) is 10.4 Å². The van der Waals surface area contributed by atoms with Crippen molar-refractivity contribution in [2.45, 2.75) is 6.42 Å². The van der Waals surface area contributed by atoms with Crippen LogP contribution in [0.5, 0.6) is 5.75 Å². The normalized spacial score (nSPS) is 14.2. The highest BCUT2D eigenvalue weighted by molar-refractivity contribution is 7.13. The van der Waals surface area contributed by atoms with E-state index in [4.69, 9.17) is 14.6 Å². The highest BCUT2D eigenvalue weighted by Gasteiger charge is 2.15. The van der Waals surface area contributed by atoms with Gasteiger partial charge in [-0.15, -0.1) is 11.3 Å². The Morgan fingerprint density at radius 3 is 2.93 bits per heavy atom. The minimum atomic E-state index is -1.07. The first-order valence-electron chi connectivity index (χ1n) is 8.64. The van der Waals surface area contributed by atoms with E-state index in [1.54, 1.807) is 24.3 Å². The summed E-state index contributed by atoms with van der Waals surface area (Å²) in [6.45, 7) is 2.51. The molecule has 9 nitrogen and oxygen atoms in total. The summed E-state index contributed by atoms with van der Waals surface area (Å²) in [4.78, 5) is 29.4. The van der Waals surface area contributed by atoms with Crippen LogP contribution in [0.25, 0.3) is 0 Å². The van der Waals surface area contributed by atoms with Crippen molar-refractivity contribution in [2.24, 2.45) is 5.10 Å². The lowest BCUT2D eigenvalue weighted by atomic mass is 10.2. The number of para-hydroxylation sites is 1. The van der Waals surface area contributed by atoms with Crippen LogP contribution in [0.2, 0.25) is 0 Å². The van der Waals surface area contributed by atoms with Gasteiger partial charge in [0.25, 0.3) is 0 Å². The van der Waals surface area contributed by atoms with Crippen LogP contribution in [0.4, 0.5) is 5.13 Å². The van der Waals surface area contributed by atoms with Gasteiger partial charge in [-0.3, -0.25) is 4.79 Å². The molecule has 0 saturated carbocycles. The molecule has 0 unspecified atom stereocenters.